The lowest BCUT2D eigenvalue weighted by atomic mass is 10.1. The first-order valence-electron chi connectivity index (χ1n) is 10.4. The quantitative estimate of drug-likeness (QED) is 0.439. The average molecular weight is 441 g/mol. The molecule has 33 heavy (non-hydrogen) atoms. The summed E-state index contributed by atoms with van der Waals surface area (Å²) < 4.78 is 7.04. The molecule has 4 rings (SSSR count). The Bertz CT molecular complexity index is 1310. The topological polar surface area (TPSA) is 85.2 Å². The third-order valence-electron chi connectivity index (χ3n) is 5.04. The van der Waals surface area contributed by atoms with Crippen LogP contribution in [0.2, 0.25) is 0 Å². The van der Waals surface area contributed by atoms with Crippen molar-refractivity contribution in [3.63, 3.8) is 0 Å². The van der Waals surface area contributed by atoms with Gasteiger partial charge in [-0.05, 0) is 49.4 Å². The fourth-order valence-electron chi connectivity index (χ4n) is 3.43. The second kappa shape index (κ2) is 9.40. The fraction of sp³-hybridized carbons (Fsp3) is 0.115. The van der Waals surface area contributed by atoms with Crippen LogP contribution in [0.3, 0.4) is 0 Å². The largest absolute Gasteiger partial charge is 0.497 e. The Morgan fingerprint density at radius 3 is 2.30 bits per heavy atom. The Balaban J connectivity index is 1.73. The zero-order chi connectivity index (χ0) is 23.4. The van der Waals surface area contributed by atoms with E-state index in [9.17, 15) is 9.59 Å². The van der Waals surface area contributed by atoms with E-state index in [2.05, 4.69) is 10.6 Å². The number of amides is 2. The first-order valence-corrected chi connectivity index (χ1v) is 10.4. The van der Waals surface area contributed by atoms with Crippen LogP contribution in [0.4, 0.5) is 11.4 Å². The van der Waals surface area contributed by atoms with E-state index in [1.807, 2.05) is 55.5 Å². The number of nitrogens with zero attached hydrogens (tertiary/aromatic N) is 2. The molecule has 166 valence electrons. The summed E-state index contributed by atoms with van der Waals surface area (Å²) in [6, 6.07) is 22.3. The van der Waals surface area contributed by atoms with Gasteiger partial charge in [0.1, 0.15) is 11.4 Å². The predicted molar refractivity (Wildman–Crippen MR) is 129 cm³/mol. The van der Waals surface area contributed by atoms with E-state index in [1.54, 1.807) is 42.3 Å². The van der Waals surface area contributed by atoms with Crippen LogP contribution in [-0.2, 0) is 4.79 Å². The highest BCUT2D eigenvalue weighted by atomic mass is 16.5. The fourth-order valence-corrected chi connectivity index (χ4v) is 3.43. The SMILES string of the molecule is COc1cccc(-c2nn(-c3ccc(C)cc3)cc2C(=O)Nc2cccc(NC(C)=O)c2)c1. The number of methoxy groups -OCH3 is 1. The predicted octanol–water partition coefficient (Wildman–Crippen LogP) is 5.07. The van der Waals surface area contributed by atoms with Gasteiger partial charge < -0.3 is 15.4 Å². The second-order valence-corrected chi connectivity index (χ2v) is 7.62. The van der Waals surface area contributed by atoms with Gasteiger partial charge in [-0.2, -0.15) is 5.10 Å². The number of hydrogen-bond acceptors (Lipinski definition) is 4. The third kappa shape index (κ3) is 5.10. The maximum absolute atomic E-state index is 13.3. The molecule has 0 aliphatic heterocycles. The molecule has 0 radical (unpaired) electrons. The van der Waals surface area contributed by atoms with Crippen LogP contribution >= 0.6 is 0 Å². The van der Waals surface area contributed by atoms with E-state index in [0.29, 0.717) is 28.4 Å². The number of aromatic nitrogens is 2. The lowest BCUT2D eigenvalue weighted by Crippen LogP contribution is -2.13. The van der Waals surface area contributed by atoms with E-state index in [0.717, 1.165) is 16.8 Å². The summed E-state index contributed by atoms with van der Waals surface area (Å²) >= 11 is 0. The van der Waals surface area contributed by atoms with Crippen molar-refractivity contribution in [2.24, 2.45) is 0 Å². The van der Waals surface area contributed by atoms with Gasteiger partial charge in [-0.25, -0.2) is 4.68 Å². The molecular formula is C26H24N4O3. The van der Waals surface area contributed by atoms with Crippen LogP contribution in [0.5, 0.6) is 5.75 Å². The number of carbonyl (C=O) groups excluding carboxylic acids is 2. The molecule has 1 aromatic heterocycles. The van der Waals surface area contributed by atoms with Crippen molar-refractivity contribution < 1.29 is 14.3 Å². The smallest absolute Gasteiger partial charge is 0.259 e. The van der Waals surface area contributed by atoms with Gasteiger partial charge in [-0.1, -0.05) is 35.9 Å². The molecule has 2 N–H and O–H groups in total. The molecule has 2 amide bonds. The summed E-state index contributed by atoms with van der Waals surface area (Å²) in [6.07, 6.45) is 1.71. The molecule has 3 aromatic carbocycles. The van der Waals surface area contributed by atoms with Crippen molar-refractivity contribution in [2.75, 3.05) is 17.7 Å². The van der Waals surface area contributed by atoms with Gasteiger partial charge >= 0.3 is 0 Å². The standard InChI is InChI=1S/C26H24N4O3/c1-17-10-12-22(13-11-17)30-16-24(25(29-30)19-6-4-9-23(14-19)33-3)26(32)28-21-8-5-7-20(15-21)27-18(2)31/h4-16H,1-3H3,(H,27,31)(H,28,32). The maximum Gasteiger partial charge on any atom is 0.259 e. The molecule has 0 fully saturated rings. The summed E-state index contributed by atoms with van der Waals surface area (Å²) in [6.45, 7) is 3.45. The van der Waals surface area contributed by atoms with Crippen LogP contribution in [-0.4, -0.2) is 28.7 Å². The molecule has 0 bridgehead atoms. The van der Waals surface area contributed by atoms with Crippen LogP contribution in [0, 0.1) is 6.92 Å². The molecule has 0 spiro atoms. The van der Waals surface area contributed by atoms with Gasteiger partial charge in [0.05, 0.1) is 18.4 Å². The van der Waals surface area contributed by atoms with Crippen molar-refractivity contribution in [1.82, 2.24) is 9.78 Å². The molecular weight excluding hydrogens is 416 g/mol. The summed E-state index contributed by atoms with van der Waals surface area (Å²) in [5.41, 5.74) is 4.85. The first kappa shape index (κ1) is 21.8. The molecule has 0 aliphatic rings. The highest BCUT2D eigenvalue weighted by Crippen LogP contribution is 2.28. The van der Waals surface area contributed by atoms with Gasteiger partial charge in [-0.15, -0.1) is 0 Å². The van der Waals surface area contributed by atoms with E-state index >= 15 is 0 Å². The van der Waals surface area contributed by atoms with Gasteiger partial charge in [-0.3, -0.25) is 9.59 Å². The highest BCUT2D eigenvalue weighted by Gasteiger charge is 2.19. The van der Waals surface area contributed by atoms with Gasteiger partial charge in [0.2, 0.25) is 5.91 Å². The van der Waals surface area contributed by atoms with Gasteiger partial charge in [0, 0.05) is 30.1 Å². The van der Waals surface area contributed by atoms with Crippen molar-refractivity contribution in [3.8, 4) is 22.7 Å². The van der Waals surface area contributed by atoms with Crippen molar-refractivity contribution in [1.29, 1.82) is 0 Å². The zero-order valence-corrected chi connectivity index (χ0v) is 18.6. The Morgan fingerprint density at radius 1 is 0.909 bits per heavy atom. The number of anilines is 2. The van der Waals surface area contributed by atoms with Crippen molar-refractivity contribution in [3.05, 3.63) is 90.1 Å². The monoisotopic (exact) mass is 440 g/mol. The second-order valence-electron chi connectivity index (χ2n) is 7.62. The average Bonchev–Trinajstić information content (AvgIpc) is 3.25. The van der Waals surface area contributed by atoms with Crippen molar-refractivity contribution in [2.45, 2.75) is 13.8 Å². The van der Waals surface area contributed by atoms with Crippen LogP contribution in [0.15, 0.2) is 79.0 Å². The molecule has 0 unspecified atom stereocenters. The Labute approximate surface area is 192 Å². The van der Waals surface area contributed by atoms with Crippen LogP contribution in [0.25, 0.3) is 16.9 Å². The van der Waals surface area contributed by atoms with Gasteiger partial charge in [0.25, 0.3) is 5.91 Å². The molecule has 4 aromatic rings. The molecule has 0 saturated heterocycles. The minimum absolute atomic E-state index is 0.182. The summed E-state index contributed by atoms with van der Waals surface area (Å²) in [4.78, 5) is 24.7. The number of carbonyl (C=O) groups is 2. The summed E-state index contributed by atoms with van der Waals surface area (Å²) in [5, 5.41) is 10.3. The van der Waals surface area contributed by atoms with Gasteiger partial charge in [0.15, 0.2) is 0 Å². The maximum atomic E-state index is 13.3. The van der Waals surface area contributed by atoms with E-state index in [4.69, 9.17) is 9.84 Å². The molecule has 7 nitrogen and oxygen atoms in total. The first-order chi connectivity index (χ1) is 15.9. The molecule has 0 aliphatic carbocycles. The number of nitrogens with one attached hydrogen (secondary N) is 2. The summed E-state index contributed by atoms with van der Waals surface area (Å²) in [7, 11) is 1.60. The van der Waals surface area contributed by atoms with E-state index in [1.165, 1.54) is 6.92 Å². The lowest BCUT2D eigenvalue weighted by Gasteiger charge is -2.08. The molecule has 0 atom stereocenters. The molecule has 0 saturated carbocycles. The van der Waals surface area contributed by atoms with Crippen LogP contribution < -0.4 is 15.4 Å². The van der Waals surface area contributed by atoms with Crippen LogP contribution in [0.1, 0.15) is 22.8 Å². The number of ether oxygens (including phenoxy) is 1. The Kier molecular flexibility index (Phi) is 6.22. The Morgan fingerprint density at radius 2 is 1.61 bits per heavy atom. The highest BCUT2D eigenvalue weighted by molar-refractivity contribution is 6.08. The number of benzene rings is 3. The number of rotatable bonds is 6. The minimum atomic E-state index is -0.314. The molecule has 1 heterocycles. The number of aryl methyl sites for hydroxylation is 1. The number of hydrogen-bond donors (Lipinski definition) is 2. The third-order valence-corrected chi connectivity index (χ3v) is 5.04. The van der Waals surface area contributed by atoms with E-state index in [-0.39, 0.29) is 11.8 Å². The zero-order valence-electron chi connectivity index (χ0n) is 18.6. The minimum Gasteiger partial charge on any atom is -0.497 e. The molecule has 7 heteroatoms. The lowest BCUT2D eigenvalue weighted by molar-refractivity contribution is -0.114. The normalized spacial score (nSPS) is 10.5. The van der Waals surface area contributed by atoms with E-state index < -0.39 is 0 Å². The van der Waals surface area contributed by atoms with Crippen molar-refractivity contribution >= 4 is 23.2 Å². The summed E-state index contributed by atoms with van der Waals surface area (Å²) in [5.74, 6) is 0.177. The Hall–Kier alpha value is -4.39.